The van der Waals surface area contributed by atoms with Gasteiger partial charge < -0.3 is 10.6 Å². The SMILES string of the molecule is CN=C(NCCN1C(=O)C2C3C=CC(C3)C2C1=O)NCC1CCN(S(C)(=O)=O)CC1. The van der Waals surface area contributed by atoms with Gasteiger partial charge in [0.15, 0.2) is 5.96 Å². The summed E-state index contributed by atoms with van der Waals surface area (Å²) in [6, 6.07) is 0. The molecule has 0 aromatic rings. The van der Waals surface area contributed by atoms with E-state index in [2.05, 4.69) is 27.8 Å². The number of fused-ring (bicyclic) bond motifs is 5. The number of hydrogen-bond acceptors (Lipinski definition) is 5. The zero-order chi connectivity index (χ0) is 21.5. The first-order valence-corrected chi connectivity index (χ1v) is 12.6. The van der Waals surface area contributed by atoms with Crippen LogP contribution in [-0.4, -0.2) is 81.4 Å². The van der Waals surface area contributed by atoms with Crippen LogP contribution in [0.2, 0.25) is 0 Å². The van der Waals surface area contributed by atoms with Crippen molar-refractivity contribution in [2.24, 2.45) is 34.6 Å². The summed E-state index contributed by atoms with van der Waals surface area (Å²) in [5.74, 6) is 1.13. The topological polar surface area (TPSA) is 111 Å². The van der Waals surface area contributed by atoms with Crippen LogP contribution in [0.1, 0.15) is 19.3 Å². The van der Waals surface area contributed by atoms with Crippen LogP contribution in [0.25, 0.3) is 0 Å². The van der Waals surface area contributed by atoms with Crippen molar-refractivity contribution in [2.75, 3.05) is 46.0 Å². The zero-order valence-corrected chi connectivity index (χ0v) is 18.4. The fourth-order valence-electron chi connectivity index (χ4n) is 5.38. The summed E-state index contributed by atoms with van der Waals surface area (Å²) in [6.07, 6.45) is 8.02. The van der Waals surface area contributed by atoms with Crippen molar-refractivity contribution < 1.29 is 18.0 Å². The summed E-state index contributed by atoms with van der Waals surface area (Å²) >= 11 is 0. The minimum absolute atomic E-state index is 0.0239. The molecule has 9 nitrogen and oxygen atoms in total. The van der Waals surface area contributed by atoms with Gasteiger partial charge in [0, 0.05) is 39.8 Å². The highest BCUT2D eigenvalue weighted by atomic mass is 32.2. The number of nitrogens with one attached hydrogen (secondary N) is 2. The minimum atomic E-state index is -3.11. The van der Waals surface area contributed by atoms with Crippen molar-refractivity contribution in [1.82, 2.24) is 19.8 Å². The maximum absolute atomic E-state index is 12.7. The molecule has 4 aliphatic rings. The van der Waals surface area contributed by atoms with E-state index in [1.54, 1.807) is 7.05 Å². The van der Waals surface area contributed by atoms with Crippen LogP contribution in [0.5, 0.6) is 0 Å². The maximum atomic E-state index is 12.7. The highest BCUT2D eigenvalue weighted by Crippen LogP contribution is 2.52. The highest BCUT2D eigenvalue weighted by molar-refractivity contribution is 7.88. The second kappa shape index (κ2) is 8.30. The molecular formula is C20H31N5O4S. The van der Waals surface area contributed by atoms with Gasteiger partial charge in [-0.25, -0.2) is 12.7 Å². The molecule has 2 heterocycles. The molecule has 1 saturated carbocycles. The van der Waals surface area contributed by atoms with Gasteiger partial charge in [0.2, 0.25) is 21.8 Å². The molecule has 4 unspecified atom stereocenters. The number of sulfonamides is 1. The van der Waals surface area contributed by atoms with E-state index in [0.29, 0.717) is 44.6 Å². The summed E-state index contributed by atoms with van der Waals surface area (Å²) in [4.78, 5) is 31.1. The first-order valence-electron chi connectivity index (χ1n) is 10.7. The Morgan fingerprint density at radius 1 is 1.10 bits per heavy atom. The second-order valence-corrected chi connectivity index (χ2v) is 10.8. The van der Waals surface area contributed by atoms with Gasteiger partial charge in [-0.1, -0.05) is 12.2 Å². The first-order chi connectivity index (χ1) is 14.3. The monoisotopic (exact) mass is 437 g/mol. The molecule has 0 aromatic heterocycles. The van der Waals surface area contributed by atoms with E-state index < -0.39 is 10.0 Å². The summed E-state index contributed by atoms with van der Waals surface area (Å²) in [7, 11) is -1.43. The van der Waals surface area contributed by atoms with Crippen molar-refractivity contribution in [3.8, 4) is 0 Å². The minimum Gasteiger partial charge on any atom is -0.356 e. The van der Waals surface area contributed by atoms with Crippen molar-refractivity contribution in [1.29, 1.82) is 0 Å². The van der Waals surface area contributed by atoms with E-state index in [-0.39, 0.29) is 35.5 Å². The predicted octanol–water partition coefficient (Wildman–Crippen LogP) is -0.370. The number of imide groups is 1. The molecule has 2 saturated heterocycles. The van der Waals surface area contributed by atoms with Gasteiger partial charge in [-0.15, -0.1) is 0 Å². The maximum Gasteiger partial charge on any atom is 0.233 e. The van der Waals surface area contributed by atoms with E-state index >= 15 is 0 Å². The normalized spacial score (nSPS) is 32.2. The molecule has 0 aromatic carbocycles. The number of carbonyl (C=O) groups excluding carboxylic acids is 2. The van der Waals surface area contributed by atoms with Gasteiger partial charge in [0.25, 0.3) is 0 Å². The van der Waals surface area contributed by atoms with Gasteiger partial charge in [-0.3, -0.25) is 19.5 Å². The van der Waals surface area contributed by atoms with Crippen LogP contribution in [-0.2, 0) is 19.6 Å². The molecule has 4 atom stereocenters. The number of guanidine groups is 1. The third-order valence-electron chi connectivity index (χ3n) is 7.01. The summed E-state index contributed by atoms with van der Waals surface area (Å²) in [5.41, 5.74) is 0. The lowest BCUT2D eigenvalue weighted by atomic mass is 9.85. The van der Waals surface area contributed by atoms with E-state index in [0.717, 1.165) is 19.3 Å². The molecule has 2 aliphatic carbocycles. The van der Waals surface area contributed by atoms with Gasteiger partial charge in [-0.2, -0.15) is 0 Å². The van der Waals surface area contributed by atoms with Crippen molar-refractivity contribution in [3.63, 3.8) is 0 Å². The number of rotatable bonds is 6. The van der Waals surface area contributed by atoms with E-state index in [1.807, 2.05) is 0 Å². The third kappa shape index (κ3) is 3.99. The van der Waals surface area contributed by atoms with Crippen molar-refractivity contribution in [3.05, 3.63) is 12.2 Å². The molecule has 0 spiro atoms. The molecule has 4 rings (SSSR count). The Labute approximate surface area is 178 Å². The molecule has 2 aliphatic heterocycles. The largest absolute Gasteiger partial charge is 0.356 e. The fraction of sp³-hybridized carbons (Fsp3) is 0.750. The zero-order valence-electron chi connectivity index (χ0n) is 17.6. The Bertz CT molecular complexity index is 832. The molecule has 10 heteroatoms. The second-order valence-electron chi connectivity index (χ2n) is 8.81. The number of carbonyl (C=O) groups is 2. The van der Waals surface area contributed by atoms with Crippen LogP contribution in [0.4, 0.5) is 0 Å². The van der Waals surface area contributed by atoms with Gasteiger partial charge >= 0.3 is 0 Å². The lowest BCUT2D eigenvalue weighted by molar-refractivity contribution is -0.140. The number of likely N-dealkylation sites (tertiary alicyclic amines) is 1. The predicted molar refractivity (Wildman–Crippen MR) is 113 cm³/mol. The number of piperidine rings is 1. The standard InChI is InChI=1S/C20H31N5O4S/c1-21-20(23-12-13-5-8-24(9-6-13)30(2,28)29)22-7-10-25-18(26)16-14-3-4-15(11-14)17(16)19(25)27/h3-4,13-17H,5-12H2,1-2H3,(H2,21,22,23). The Morgan fingerprint density at radius 2 is 1.70 bits per heavy atom. The van der Waals surface area contributed by atoms with E-state index in [4.69, 9.17) is 0 Å². The number of amides is 2. The van der Waals surface area contributed by atoms with Crippen molar-refractivity contribution in [2.45, 2.75) is 19.3 Å². The molecule has 0 radical (unpaired) electrons. The van der Waals surface area contributed by atoms with Gasteiger partial charge in [0.05, 0.1) is 18.1 Å². The smallest absolute Gasteiger partial charge is 0.233 e. The molecule has 2 N–H and O–H groups in total. The third-order valence-corrected chi connectivity index (χ3v) is 8.32. The number of allylic oxidation sites excluding steroid dienone is 2. The lowest BCUT2D eigenvalue weighted by Gasteiger charge is -2.30. The molecule has 166 valence electrons. The number of aliphatic imine (C=N–C) groups is 1. The average molecular weight is 438 g/mol. The summed E-state index contributed by atoms with van der Waals surface area (Å²) in [5, 5.41) is 6.46. The quantitative estimate of drug-likeness (QED) is 0.254. The Hall–Kier alpha value is -1.94. The molecule has 30 heavy (non-hydrogen) atoms. The Balaban J connectivity index is 1.20. The molecule has 3 fully saturated rings. The highest BCUT2D eigenvalue weighted by Gasteiger charge is 2.58. The molecule has 2 bridgehead atoms. The van der Waals surface area contributed by atoms with Gasteiger partial charge in [-0.05, 0) is 37.0 Å². The lowest BCUT2D eigenvalue weighted by Crippen LogP contribution is -2.46. The molecular weight excluding hydrogens is 406 g/mol. The van der Waals surface area contributed by atoms with Crippen molar-refractivity contribution >= 4 is 27.8 Å². The van der Waals surface area contributed by atoms with E-state index in [9.17, 15) is 18.0 Å². The Kier molecular flexibility index (Phi) is 5.89. The number of nitrogens with zero attached hydrogens (tertiary/aromatic N) is 3. The summed E-state index contributed by atoms with van der Waals surface area (Å²) in [6.45, 7) is 2.60. The van der Waals surface area contributed by atoms with Crippen LogP contribution in [0.3, 0.4) is 0 Å². The van der Waals surface area contributed by atoms with Crippen LogP contribution >= 0.6 is 0 Å². The number of hydrogen-bond donors (Lipinski definition) is 2. The van der Waals surface area contributed by atoms with Crippen LogP contribution in [0.15, 0.2) is 17.1 Å². The Morgan fingerprint density at radius 3 is 2.23 bits per heavy atom. The summed E-state index contributed by atoms with van der Waals surface area (Å²) < 4.78 is 24.7. The van der Waals surface area contributed by atoms with Crippen LogP contribution in [0, 0.1) is 29.6 Å². The first kappa shape index (κ1) is 21.3. The average Bonchev–Trinajstić information content (AvgIpc) is 3.39. The fourth-order valence-corrected chi connectivity index (χ4v) is 6.25. The van der Waals surface area contributed by atoms with Gasteiger partial charge in [0.1, 0.15) is 0 Å². The molecule has 2 amide bonds. The van der Waals surface area contributed by atoms with Crippen LogP contribution < -0.4 is 10.6 Å². The van der Waals surface area contributed by atoms with E-state index in [1.165, 1.54) is 15.5 Å².